The minimum Gasteiger partial charge on any atom is -0.380 e. The first kappa shape index (κ1) is 15.7. The summed E-state index contributed by atoms with van der Waals surface area (Å²) in [5, 5.41) is 13.7. The summed E-state index contributed by atoms with van der Waals surface area (Å²) < 4.78 is 27.0. The maximum Gasteiger partial charge on any atom is 0.307 e. The lowest BCUT2D eigenvalue weighted by Crippen LogP contribution is -2.28. The fraction of sp³-hybridized carbons (Fsp3) is 0.600. The Labute approximate surface area is 122 Å². The van der Waals surface area contributed by atoms with Crippen molar-refractivity contribution in [2.75, 3.05) is 5.32 Å². The van der Waals surface area contributed by atoms with Crippen molar-refractivity contribution in [1.29, 1.82) is 0 Å². The van der Waals surface area contributed by atoms with E-state index in [0.717, 1.165) is 31.7 Å². The fourth-order valence-electron chi connectivity index (χ4n) is 2.94. The van der Waals surface area contributed by atoms with Crippen LogP contribution in [0.15, 0.2) is 12.1 Å². The Kier molecular flexibility index (Phi) is 4.75. The summed E-state index contributed by atoms with van der Waals surface area (Å²) >= 11 is 0. The van der Waals surface area contributed by atoms with Gasteiger partial charge in [-0.2, -0.15) is 4.39 Å². The molecule has 116 valence electrons. The molecule has 1 aromatic carbocycles. The zero-order chi connectivity index (χ0) is 15.6. The zero-order valence-corrected chi connectivity index (χ0v) is 12.2. The standard InChI is InChI=1S/C15H20F2N2O2/c1-9(2)10-3-5-11(6-4-10)18-14-8-15(19(20)21)13(17)7-12(14)16/h7-11,18H,3-6H2,1-2H3. The summed E-state index contributed by atoms with van der Waals surface area (Å²) in [6.07, 6.45) is 3.90. The molecule has 0 atom stereocenters. The number of nitro benzene ring substituents is 1. The summed E-state index contributed by atoms with van der Waals surface area (Å²) in [6, 6.07) is 1.60. The first-order chi connectivity index (χ1) is 9.88. The summed E-state index contributed by atoms with van der Waals surface area (Å²) in [5.41, 5.74) is -0.689. The Morgan fingerprint density at radius 2 is 1.81 bits per heavy atom. The van der Waals surface area contributed by atoms with Crippen molar-refractivity contribution in [1.82, 2.24) is 0 Å². The van der Waals surface area contributed by atoms with Gasteiger partial charge in [-0.05, 0) is 37.5 Å². The predicted octanol–water partition coefficient (Wildman–Crippen LogP) is 4.50. The Bertz CT molecular complexity index is 527. The van der Waals surface area contributed by atoms with Gasteiger partial charge in [0.1, 0.15) is 5.82 Å². The van der Waals surface area contributed by atoms with Crippen LogP contribution < -0.4 is 5.32 Å². The molecule has 6 heteroatoms. The molecule has 0 radical (unpaired) electrons. The molecule has 1 saturated carbocycles. The largest absolute Gasteiger partial charge is 0.380 e. The quantitative estimate of drug-likeness (QED) is 0.657. The van der Waals surface area contributed by atoms with Gasteiger partial charge < -0.3 is 5.32 Å². The minimum atomic E-state index is -1.15. The summed E-state index contributed by atoms with van der Waals surface area (Å²) in [5.74, 6) is -0.624. The highest BCUT2D eigenvalue weighted by molar-refractivity contribution is 5.53. The molecule has 0 saturated heterocycles. The van der Waals surface area contributed by atoms with Crippen molar-refractivity contribution < 1.29 is 13.7 Å². The molecule has 0 bridgehead atoms. The Hall–Kier alpha value is -1.72. The average Bonchev–Trinajstić information content (AvgIpc) is 2.42. The normalized spacial score (nSPS) is 22.3. The molecule has 0 heterocycles. The topological polar surface area (TPSA) is 55.2 Å². The van der Waals surface area contributed by atoms with Crippen LogP contribution in [0.1, 0.15) is 39.5 Å². The van der Waals surface area contributed by atoms with E-state index in [1.807, 2.05) is 0 Å². The molecule has 0 spiro atoms. The number of benzene rings is 1. The molecule has 0 aliphatic heterocycles. The average molecular weight is 298 g/mol. The van der Waals surface area contributed by atoms with E-state index in [0.29, 0.717) is 17.9 Å². The first-order valence-electron chi connectivity index (χ1n) is 7.28. The van der Waals surface area contributed by atoms with Crippen LogP contribution in [0.3, 0.4) is 0 Å². The van der Waals surface area contributed by atoms with Gasteiger partial charge in [0.25, 0.3) is 0 Å². The molecule has 0 unspecified atom stereocenters. The lowest BCUT2D eigenvalue weighted by atomic mass is 9.79. The molecule has 1 aliphatic carbocycles. The lowest BCUT2D eigenvalue weighted by Gasteiger charge is -2.31. The Balaban J connectivity index is 2.07. The van der Waals surface area contributed by atoms with Crippen molar-refractivity contribution >= 4 is 11.4 Å². The predicted molar refractivity (Wildman–Crippen MR) is 77.2 cm³/mol. The van der Waals surface area contributed by atoms with Gasteiger partial charge in [0.2, 0.25) is 5.82 Å². The van der Waals surface area contributed by atoms with Crippen molar-refractivity contribution in [3.8, 4) is 0 Å². The second-order valence-electron chi connectivity index (χ2n) is 6.04. The van der Waals surface area contributed by atoms with Crippen LogP contribution in [-0.2, 0) is 0 Å². The zero-order valence-electron chi connectivity index (χ0n) is 12.2. The molecule has 1 aromatic rings. The molecule has 2 rings (SSSR count). The highest BCUT2D eigenvalue weighted by atomic mass is 19.1. The number of halogens is 2. The van der Waals surface area contributed by atoms with E-state index in [1.54, 1.807) is 0 Å². The van der Waals surface area contributed by atoms with Crippen LogP contribution in [-0.4, -0.2) is 11.0 Å². The van der Waals surface area contributed by atoms with Crippen molar-refractivity contribution in [3.63, 3.8) is 0 Å². The van der Waals surface area contributed by atoms with E-state index in [9.17, 15) is 18.9 Å². The van der Waals surface area contributed by atoms with Gasteiger partial charge in [0.05, 0.1) is 10.6 Å². The van der Waals surface area contributed by atoms with E-state index < -0.39 is 22.2 Å². The fourth-order valence-corrected chi connectivity index (χ4v) is 2.94. The second kappa shape index (κ2) is 6.37. The number of nitro groups is 1. The maximum absolute atomic E-state index is 13.7. The van der Waals surface area contributed by atoms with Crippen LogP contribution in [0.4, 0.5) is 20.2 Å². The van der Waals surface area contributed by atoms with Crippen LogP contribution in [0.5, 0.6) is 0 Å². The molecular weight excluding hydrogens is 278 g/mol. The molecule has 4 nitrogen and oxygen atoms in total. The Morgan fingerprint density at radius 1 is 1.19 bits per heavy atom. The SMILES string of the molecule is CC(C)C1CCC(Nc2cc([N+](=O)[O-])c(F)cc2F)CC1. The van der Waals surface area contributed by atoms with Gasteiger partial charge in [-0.25, -0.2) is 4.39 Å². The van der Waals surface area contributed by atoms with Gasteiger partial charge in [-0.15, -0.1) is 0 Å². The molecule has 1 aliphatic rings. The summed E-state index contributed by atoms with van der Waals surface area (Å²) in [4.78, 5) is 9.87. The van der Waals surface area contributed by atoms with Crippen LogP contribution >= 0.6 is 0 Å². The third-order valence-corrected chi connectivity index (χ3v) is 4.31. The van der Waals surface area contributed by atoms with E-state index in [1.165, 1.54) is 0 Å². The van der Waals surface area contributed by atoms with Gasteiger partial charge in [0, 0.05) is 18.2 Å². The van der Waals surface area contributed by atoms with Gasteiger partial charge in [-0.3, -0.25) is 10.1 Å². The number of anilines is 1. The second-order valence-corrected chi connectivity index (χ2v) is 6.04. The summed E-state index contributed by atoms with van der Waals surface area (Å²) in [6.45, 7) is 4.39. The Morgan fingerprint density at radius 3 is 2.33 bits per heavy atom. The molecule has 1 N–H and O–H groups in total. The smallest absolute Gasteiger partial charge is 0.307 e. The first-order valence-corrected chi connectivity index (χ1v) is 7.28. The lowest BCUT2D eigenvalue weighted by molar-refractivity contribution is -0.387. The third kappa shape index (κ3) is 3.68. The summed E-state index contributed by atoms with van der Waals surface area (Å²) in [7, 11) is 0. The highest BCUT2D eigenvalue weighted by Crippen LogP contribution is 2.33. The van der Waals surface area contributed by atoms with Gasteiger partial charge in [-0.1, -0.05) is 13.8 Å². The number of rotatable bonds is 4. The molecule has 0 aromatic heterocycles. The van der Waals surface area contributed by atoms with E-state index >= 15 is 0 Å². The van der Waals surface area contributed by atoms with Crippen LogP contribution in [0, 0.1) is 33.6 Å². The van der Waals surface area contributed by atoms with Crippen molar-refractivity contribution in [2.45, 2.75) is 45.6 Å². The van der Waals surface area contributed by atoms with Crippen LogP contribution in [0.25, 0.3) is 0 Å². The van der Waals surface area contributed by atoms with Crippen LogP contribution in [0.2, 0.25) is 0 Å². The van der Waals surface area contributed by atoms with E-state index in [-0.39, 0.29) is 11.7 Å². The third-order valence-electron chi connectivity index (χ3n) is 4.31. The van der Waals surface area contributed by atoms with Gasteiger partial charge >= 0.3 is 5.69 Å². The number of hydrogen-bond acceptors (Lipinski definition) is 3. The van der Waals surface area contributed by atoms with E-state index in [2.05, 4.69) is 19.2 Å². The van der Waals surface area contributed by atoms with Crippen molar-refractivity contribution in [3.05, 3.63) is 33.9 Å². The molecular formula is C15H20F2N2O2. The van der Waals surface area contributed by atoms with E-state index in [4.69, 9.17) is 0 Å². The minimum absolute atomic E-state index is 0.0103. The van der Waals surface area contributed by atoms with Crippen molar-refractivity contribution in [2.24, 2.45) is 11.8 Å². The number of nitrogens with zero attached hydrogens (tertiary/aromatic N) is 1. The molecule has 0 amide bonds. The maximum atomic E-state index is 13.7. The number of nitrogens with one attached hydrogen (secondary N) is 1. The highest BCUT2D eigenvalue weighted by Gasteiger charge is 2.25. The monoisotopic (exact) mass is 298 g/mol. The molecule has 1 fully saturated rings. The van der Waals surface area contributed by atoms with Gasteiger partial charge in [0.15, 0.2) is 0 Å². The molecule has 21 heavy (non-hydrogen) atoms. The number of hydrogen-bond donors (Lipinski definition) is 1.